The van der Waals surface area contributed by atoms with Gasteiger partial charge in [-0.05, 0) is 305 Å². The van der Waals surface area contributed by atoms with Crippen molar-refractivity contribution in [3.05, 3.63) is 574 Å². The Labute approximate surface area is 808 Å². The van der Waals surface area contributed by atoms with Crippen LogP contribution in [0, 0.1) is 0 Å². The first kappa shape index (κ1) is 78.1. The van der Waals surface area contributed by atoms with Crippen molar-refractivity contribution in [1.82, 2.24) is 0 Å². The van der Waals surface area contributed by atoms with E-state index in [2.05, 4.69) is 495 Å². The highest BCUT2D eigenvalue weighted by Crippen LogP contribution is 2.69. The normalized spacial score (nSPS) is 15.3. The van der Waals surface area contributed by atoms with Crippen LogP contribution in [0.15, 0.2) is 524 Å². The van der Waals surface area contributed by atoms with Gasteiger partial charge in [0.2, 0.25) is 0 Å². The standard InChI is InChI=1S/C130H80N2S4/c1-2-28-81(29-3-1)82-56-58-83(59-57-82)84-60-63-89(64-61-84)131(91-67-72-107-101(77-91)97-36-6-10-40-105(97)127(107)109-42-12-19-49-119(109)133-120-50-20-13-43-110(120)127)93-65-69-100-96-35-5-9-39-104(96)130(118(100)79-93)115-48-18-25-55-125(115)136-126-76-88(62-71-116(126)130)86-31-26-30-85(74-86)87-32-27-33-90(75-87)132(92-68-73-108-102(78-92)98-37-7-11-41-106(98)128(108)111-44-14-21-51-121(111)134-122-52-22-15-45-112(122)128)94-66-70-99-95-34-4-8-38-103(95)129(117(99)80-94)113-46-16-23-53-123(113)135-124-54-24-17-47-114(124)129/h1-80H. The Kier molecular flexibility index (Phi) is 17.3. The summed E-state index contributed by atoms with van der Waals surface area (Å²) < 4.78 is 0. The second-order valence-corrected chi connectivity index (χ2v) is 41.3. The van der Waals surface area contributed by atoms with Crippen LogP contribution in [0.25, 0.3) is 89.0 Å². The average molecular weight is 1800 g/mol. The van der Waals surface area contributed by atoms with Crippen LogP contribution in [0.1, 0.15) is 89.0 Å². The zero-order valence-corrected chi connectivity index (χ0v) is 77.0. The molecule has 0 fully saturated rings. The van der Waals surface area contributed by atoms with Crippen molar-refractivity contribution in [2.75, 3.05) is 9.80 Å². The zero-order chi connectivity index (χ0) is 89.1. The van der Waals surface area contributed by atoms with Gasteiger partial charge in [0.15, 0.2) is 0 Å². The minimum Gasteiger partial charge on any atom is -0.310 e. The molecule has 0 saturated heterocycles. The number of hydrogen-bond donors (Lipinski definition) is 0. The SMILES string of the molecule is c1ccc(-c2ccc(-c3ccc(N(c4ccc5c(c4)-c4ccccc4C54c5ccccc5Sc5ccccc54)c4ccc5c(c4)C4(c6ccccc6Sc6cc(-c7cccc(-c8cccc(N(c9ccc%10c(c9)-c9ccccc9C%109c%10ccccc%10Sc%10ccccc%109)c9ccc%10c(c9)C9(c%11ccccc%11Sc%11ccccc%119)c9ccccc9-%10)c8)c7)ccc64)c4ccccc4-5)cc3)cc2)cc1. The summed E-state index contributed by atoms with van der Waals surface area (Å²) in [5.74, 6) is 0. The van der Waals surface area contributed by atoms with E-state index in [4.69, 9.17) is 0 Å². The van der Waals surface area contributed by atoms with Crippen LogP contribution in [0.3, 0.4) is 0 Å². The van der Waals surface area contributed by atoms with Gasteiger partial charge in [-0.3, -0.25) is 0 Å². The predicted octanol–water partition coefficient (Wildman–Crippen LogP) is 34.6. The molecule has 634 valence electrons. The molecular weight excluding hydrogens is 1720 g/mol. The van der Waals surface area contributed by atoms with Gasteiger partial charge in [-0.1, -0.05) is 405 Å². The predicted molar refractivity (Wildman–Crippen MR) is 563 cm³/mol. The molecule has 4 aliphatic carbocycles. The van der Waals surface area contributed by atoms with E-state index in [9.17, 15) is 0 Å². The molecule has 21 aromatic rings. The van der Waals surface area contributed by atoms with E-state index >= 15 is 0 Å². The lowest BCUT2D eigenvalue weighted by Gasteiger charge is -2.40. The van der Waals surface area contributed by atoms with E-state index in [0.717, 1.165) is 61.9 Å². The molecule has 136 heavy (non-hydrogen) atoms. The number of nitrogens with zero attached hydrogens (tertiary/aromatic N) is 2. The molecule has 0 N–H and O–H groups in total. The number of hydrogen-bond acceptors (Lipinski definition) is 6. The molecule has 8 aliphatic rings. The third kappa shape index (κ3) is 11.0. The molecule has 2 nitrogen and oxygen atoms in total. The maximum Gasteiger partial charge on any atom is 0.0736 e. The molecule has 29 rings (SSSR count). The smallest absolute Gasteiger partial charge is 0.0736 e. The highest BCUT2D eigenvalue weighted by Gasteiger charge is 2.56. The maximum atomic E-state index is 2.56. The molecule has 0 saturated carbocycles. The molecule has 0 aromatic heterocycles. The van der Waals surface area contributed by atoms with Gasteiger partial charge in [0, 0.05) is 73.3 Å². The van der Waals surface area contributed by atoms with Gasteiger partial charge in [-0.2, -0.15) is 0 Å². The van der Waals surface area contributed by atoms with Crippen molar-refractivity contribution in [3.63, 3.8) is 0 Å². The van der Waals surface area contributed by atoms with E-state index < -0.39 is 21.7 Å². The lowest BCUT2D eigenvalue weighted by molar-refractivity contribution is 0.722. The lowest BCUT2D eigenvalue weighted by atomic mass is 9.67. The van der Waals surface area contributed by atoms with E-state index in [1.807, 2.05) is 47.0 Å². The van der Waals surface area contributed by atoms with Gasteiger partial charge in [-0.25, -0.2) is 0 Å². The van der Waals surface area contributed by atoms with Crippen molar-refractivity contribution in [2.45, 2.75) is 60.8 Å². The Morgan fingerprint density at radius 2 is 0.346 bits per heavy atom. The van der Waals surface area contributed by atoms with Gasteiger partial charge < -0.3 is 9.80 Å². The fraction of sp³-hybridized carbons (Fsp3) is 0.0308. The molecule has 1 atom stereocenters. The first-order valence-corrected chi connectivity index (χ1v) is 50.2. The van der Waals surface area contributed by atoms with Crippen LogP contribution >= 0.6 is 47.0 Å². The molecule has 4 heterocycles. The highest BCUT2D eigenvalue weighted by molar-refractivity contribution is 8.00. The Morgan fingerprint density at radius 3 is 0.743 bits per heavy atom. The number of benzene rings is 21. The van der Waals surface area contributed by atoms with Gasteiger partial charge in [0.25, 0.3) is 0 Å². The molecule has 4 spiro atoms. The van der Waals surface area contributed by atoms with E-state index in [0.29, 0.717) is 0 Å². The molecule has 1 unspecified atom stereocenters. The summed E-state index contributed by atoms with van der Waals surface area (Å²) in [4.78, 5) is 15.3. The molecule has 6 heteroatoms. The monoisotopic (exact) mass is 1800 g/mol. The molecule has 21 aromatic carbocycles. The topological polar surface area (TPSA) is 6.48 Å². The Bertz CT molecular complexity index is 8530. The summed E-state index contributed by atoms with van der Waals surface area (Å²) in [5.41, 5.74) is 44.5. The van der Waals surface area contributed by atoms with Gasteiger partial charge in [0.1, 0.15) is 0 Å². The third-order valence-electron chi connectivity index (χ3n) is 30.5. The number of fused-ring (bicyclic) bond motifs is 36. The Balaban J connectivity index is 0.576. The van der Waals surface area contributed by atoms with Crippen LogP contribution in [-0.2, 0) is 21.7 Å². The van der Waals surface area contributed by atoms with Crippen molar-refractivity contribution in [3.8, 4) is 89.0 Å². The maximum absolute atomic E-state index is 2.56. The summed E-state index contributed by atoms with van der Waals surface area (Å²) in [6, 6.07) is 186. The van der Waals surface area contributed by atoms with Crippen LogP contribution in [0.4, 0.5) is 34.1 Å². The Hall–Kier alpha value is -15.4. The van der Waals surface area contributed by atoms with Crippen molar-refractivity contribution < 1.29 is 0 Å². The van der Waals surface area contributed by atoms with Crippen molar-refractivity contribution in [1.29, 1.82) is 0 Å². The molecule has 0 radical (unpaired) electrons. The summed E-state index contributed by atoms with van der Waals surface area (Å²) >= 11 is 7.57. The summed E-state index contributed by atoms with van der Waals surface area (Å²) in [7, 11) is 0. The highest BCUT2D eigenvalue weighted by atomic mass is 32.2. The summed E-state index contributed by atoms with van der Waals surface area (Å²) in [6.45, 7) is 0. The van der Waals surface area contributed by atoms with E-state index in [-0.39, 0.29) is 0 Å². The minimum absolute atomic E-state index is 0.516. The van der Waals surface area contributed by atoms with E-state index in [1.165, 1.54) is 189 Å². The lowest BCUT2D eigenvalue weighted by Crippen LogP contribution is -2.32. The van der Waals surface area contributed by atoms with Crippen LogP contribution < -0.4 is 9.80 Å². The number of anilines is 6. The molecular formula is C130H80N2S4. The van der Waals surface area contributed by atoms with Crippen LogP contribution in [0.2, 0.25) is 0 Å². The second-order valence-electron chi connectivity index (χ2n) is 37.0. The second kappa shape index (κ2) is 30.1. The van der Waals surface area contributed by atoms with E-state index in [1.54, 1.807) is 0 Å². The first-order valence-electron chi connectivity index (χ1n) is 47.0. The Morgan fingerprint density at radius 1 is 0.118 bits per heavy atom. The van der Waals surface area contributed by atoms with Gasteiger partial charge >= 0.3 is 0 Å². The molecule has 0 bridgehead atoms. The fourth-order valence-corrected chi connectivity index (χ4v) is 29.9. The first-order chi connectivity index (χ1) is 67.4. The minimum atomic E-state index is -0.695. The van der Waals surface area contributed by atoms with Crippen LogP contribution in [-0.4, -0.2) is 0 Å². The quantitative estimate of drug-likeness (QED) is 0.134. The van der Waals surface area contributed by atoms with Crippen LogP contribution in [0.5, 0.6) is 0 Å². The number of rotatable bonds is 10. The third-order valence-corrected chi connectivity index (χ3v) is 35.1. The van der Waals surface area contributed by atoms with Crippen molar-refractivity contribution >= 4 is 81.2 Å². The summed E-state index contributed by atoms with van der Waals surface area (Å²) in [5, 5.41) is 0. The molecule has 4 aliphatic heterocycles. The largest absolute Gasteiger partial charge is 0.310 e. The molecule has 0 amide bonds. The van der Waals surface area contributed by atoms with Gasteiger partial charge in [-0.15, -0.1) is 0 Å². The summed E-state index contributed by atoms with van der Waals surface area (Å²) in [6.07, 6.45) is 0. The van der Waals surface area contributed by atoms with Crippen molar-refractivity contribution in [2.24, 2.45) is 0 Å². The zero-order valence-electron chi connectivity index (χ0n) is 73.7. The van der Waals surface area contributed by atoms with Gasteiger partial charge in [0.05, 0.1) is 21.7 Å². The fourth-order valence-electron chi connectivity index (χ4n) is 25.1. The average Bonchev–Trinajstić information content (AvgIpc) is 1.52.